The minimum absolute atomic E-state index is 0.00859. The van der Waals surface area contributed by atoms with Gasteiger partial charge < -0.3 is 14.9 Å². The van der Waals surface area contributed by atoms with E-state index >= 15 is 0 Å². The number of rotatable bonds is 15. The fraction of sp³-hybridized carbons (Fsp3) is 0.690. The molecule has 1 aliphatic rings. The van der Waals surface area contributed by atoms with Crippen molar-refractivity contribution in [2.75, 3.05) is 0 Å². The van der Waals surface area contributed by atoms with Gasteiger partial charge in [0.15, 0.2) is 0 Å². The van der Waals surface area contributed by atoms with Gasteiger partial charge >= 0.3 is 0 Å². The van der Waals surface area contributed by atoms with E-state index in [0.29, 0.717) is 18.3 Å². The van der Waals surface area contributed by atoms with Gasteiger partial charge in [0.2, 0.25) is 0 Å². The minimum Gasteiger partial charge on any atom is -0.460 e. The molecule has 7 atom stereocenters. The second kappa shape index (κ2) is 12.8. The average Bonchev–Trinajstić information content (AvgIpc) is 3.55. The number of Topliss-reactive ketones (excluding diaryl/α,β-unsaturated/α-hetero) is 1. The predicted octanol–water partition coefficient (Wildman–Crippen LogP) is 5.14. The van der Waals surface area contributed by atoms with Gasteiger partial charge in [-0.3, -0.25) is 14.6 Å². The van der Waals surface area contributed by atoms with Crippen LogP contribution in [0.1, 0.15) is 84.9 Å². The monoisotopic (exact) mass is 487 g/mol. The molecular formula is C29H45NO5. The van der Waals surface area contributed by atoms with E-state index in [4.69, 9.17) is 4.74 Å². The Bertz CT molecular complexity index is 860. The van der Waals surface area contributed by atoms with Gasteiger partial charge in [-0.05, 0) is 81.1 Å². The van der Waals surface area contributed by atoms with Crippen molar-refractivity contribution in [2.45, 2.75) is 98.9 Å². The molecule has 0 saturated heterocycles. The number of hydrogen-bond acceptors (Lipinski definition) is 6. The maximum absolute atomic E-state index is 12.8. The van der Waals surface area contributed by atoms with E-state index in [1.807, 2.05) is 45.2 Å². The molecule has 1 heterocycles. The second-order valence-electron chi connectivity index (χ2n) is 11.3. The van der Waals surface area contributed by atoms with E-state index < -0.39 is 23.5 Å². The van der Waals surface area contributed by atoms with Gasteiger partial charge in [0.05, 0.1) is 17.9 Å². The highest BCUT2D eigenvalue weighted by Gasteiger charge is 2.40. The van der Waals surface area contributed by atoms with E-state index in [1.54, 1.807) is 27.7 Å². The Balaban J connectivity index is 1.81. The number of aliphatic hydroxyl groups excluding tert-OH is 2. The number of carbonyl (C=O) groups excluding carboxylic acids is 2. The highest BCUT2D eigenvalue weighted by Crippen LogP contribution is 2.46. The number of nitrogens with zero attached hydrogens (tertiary/aromatic N) is 1. The molecule has 0 aliphatic heterocycles. The number of aliphatic hydroxyl groups is 2. The molecule has 1 saturated carbocycles. The summed E-state index contributed by atoms with van der Waals surface area (Å²) in [5.74, 6) is 0.536. The van der Waals surface area contributed by atoms with Crippen molar-refractivity contribution in [1.29, 1.82) is 0 Å². The maximum atomic E-state index is 12.8. The van der Waals surface area contributed by atoms with Crippen LogP contribution in [0.2, 0.25) is 0 Å². The van der Waals surface area contributed by atoms with Gasteiger partial charge in [0, 0.05) is 17.5 Å². The molecule has 0 unspecified atom stereocenters. The normalized spacial score (nSPS) is 22.6. The molecule has 0 spiro atoms. The molecule has 6 nitrogen and oxygen atoms in total. The van der Waals surface area contributed by atoms with Crippen molar-refractivity contribution in [3.63, 3.8) is 0 Å². The fourth-order valence-corrected chi connectivity index (χ4v) is 4.85. The third-order valence-electron chi connectivity index (χ3n) is 8.05. The van der Waals surface area contributed by atoms with Crippen LogP contribution in [-0.2, 0) is 14.3 Å². The van der Waals surface area contributed by atoms with Gasteiger partial charge in [0.1, 0.15) is 11.9 Å². The first-order valence-electron chi connectivity index (χ1n) is 13.0. The van der Waals surface area contributed by atoms with E-state index in [2.05, 4.69) is 4.98 Å². The van der Waals surface area contributed by atoms with E-state index in [-0.39, 0.29) is 17.8 Å². The molecule has 0 radical (unpaired) electrons. The number of aromatic nitrogens is 1. The van der Waals surface area contributed by atoms with E-state index in [1.165, 1.54) is 0 Å². The lowest BCUT2D eigenvalue weighted by molar-refractivity contribution is -0.140. The number of carbonyl (C=O) groups is 2. The lowest BCUT2D eigenvalue weighted by Gasteiger charge is -2.33. The number of aryl methyl sites for hydroxylation is 1. The number of pyridine rings is 1. The Morgan fingerprint density at radius 2 is 1.91 bits per heavy atom. The van der Waals surface area contributed by atoms with E-state index in [9.17, 15) is 19.8 Å². The largest absolute Gasteiger partial charge is 0.460 e. The van der Waals surface area contributed by atoms with Crippen LogP contribution in [0, 0.1) is 36.0 Å². The Morgan fingerprint density at radius 1 is 1.23 bits per heavy atom. The first kappa shape index (κ1) is 29.2. The lowest BCUT2D eigenvalue weighted by Crippen LogP contribution is -2.43. The summed E-state index contributed by atoms with van der Waals surface area (Å²) in [7, 11) is 0. The highest BCUT2D eigenvalue weighted by molar-refractivity contribution is 5.87. The minimum atomic E-state index is -0.871. The highest BCUT2D eigenvalue weighted by atomic mass is 16.5. The van der Waals surface area contributed by atoms with Crippen LogP contribution in [0.25, 0.3) is 6.08 Å². The van der Waals surface area contributed by atoms with Gasteiger partial charge in [-0.15, -0.1) is 0 Å². The Kier molecular flexibility index (Phi) is 10.6. The summed E-state index contributed by atoms with van der Waals surface area (Å²) >= 11 is 0. The summed E-state index contributed by atoms with van der Waals surface area (Å²) in [4.78, 5) is 28.3. The molecule has 2 rings (SSSR count). The molecule has 0 amide bonds. The van der Waals surface area contributed by atoms with Crippen LogP contribution in [0.5, 0.6) is 0 Å². The topological polar surface area (TPSA) is 96.7 Å². The molecule has 1 aromatic rings. The van der Waals surface area contributed by atoms with Crippen molar-refractivity contribution in [3.8, 4) is 0 Å². The van der Waals surface area contributed by atoms with Gasteiger partial charge in [-0.25, -0.2) is 0 Å². The zero-order valence-corrected chi connectivity index (χ0v) is 22.5. The molecule has 1 fully saturated rings. The molecule has 6 heteroatoms. The predicted molar refractivity (Wildman–Crippen MR) is 138 cm³/mol. The molecule has 0 bridgehead atoms. The number of ether oxygens (including phenoxy) is 1. The van der Waals surface area contributed by atoms with Crippen LogP contribution in [-0.4, -0.2) is 45.8 Å². The zero-order valence-electron chi connectivity index (χ0n) is 22.5. The van der Waals surface area contributed by atoms with Gasteiger partial charge in [-0.2, -0.15) is 0 Å². The number of hydrogen-bond donors (Lipinski definition) is 2. The standard InChI is InChI=1S/C29H45NO5/c1-18-11-12-25(30-16-18)13-20(3)26(35-17-31)15-24-14-23(24)10-8-9-19(2)27(33)21(4)28(34)29(6,7)22(5)32/h11-13,16-17,19,21-24,26-27,32-33H,8-10,14-15H2,1-7H3/b20-13+/t19-,21+,22-,23+,24-,26+,27-/m0/s1. The van der Waals surface area contributed by atoms with Crippen LogP contribution >= 0.6 is 0 Å². The first-order chi connectivity index (χ1) is 16.4. The first-order valence-corrected chi connectivity index (χ1v) is 13.0. The third kappa shape index (κ3) is 8.25. The van der Waals surface area contributed by atoms with Crippen molar-refractivity contribution in [1.82, 2.24) is 4.98 Å². The maximum Gasteiger partial charge on any atom is 0.293 e. The molecule has 1 aromatic heterocycles. The van der Waals surface area contributed by atoms with E-state index in [0.717, 1.165) is 48.9 Å². The lowest BCUT2D eigenvalue weighted by atomic mass is 9.74. The Morgan fingerprint density at radius 3 is 2.49 bits per heavy atom. The van der Waals surface area contributed by atoms with Crippen molar-refractivity contribution in [2.24, 2.45) is 29.1 Å². The smallest absolute Gasteiger partial charge is 0.293 e. The quantitative estimate of drug-likeness (QED) is 0.333. The third-order valence-corrected chi connectivity index (χ3v) is 8.05. The molecule has 1 aliphatic carbocycles. The Hall–Kier alpha value is -2.05. The molecule has 196 valence electrons. The second-order valence-corrected chi connectivity index (χ2v) is 11.3. The van der Waals surface area contributed by atoms with Gasteiger partial charge in [0.25, 0.3) is 6.47 Å². The fourth-order valence-electron chi connectivity index (χ4n) is 4.85. The summed E-state index contributed by atoms with van der Waals surface area (Å²) < 4.78 is 5.41. The number of ketones is 1. The summed E-state index contributed by atoms with van der Waals surface area (Å²) in [6, 6.07) is 3.98. The summed E-state index contributed by atoms with van der Waals surface area (Å²) in [6.07, 6.45) is 6.94. The van der Waals surface area contributed by atoms with Crippen molar-refractivity contribution < 1.29 is 24.5 Å². The molecule has 0 aromatic carbocycles. The van der Waals surface area contributed by atoms with Crippen LogP contribution in [0.3, 0.4) is 0 Å². The van der Waals surface area contributed by atoms with Crippen LogP contribution in [0.4, 0.5) is 0 Å². The average molecular weight is 488 g/mol. The van der Waals surface area contributed by atoms with Crippen molar-refractivity contribution in [3.05, 3.63) is 35.2 Å². The van der Waals surface area contributed by atoms with Gasteiger partial charge in [-0.1, -0.05) is 46.6 Å². The Labute approximate surface area is 211 Å². The molecule has 2 N–H and O–H groups in total. The summed E-state index contributed by atoms with van der Waals surface area (Å²) in [5.41, 5.74) is 2.09. The van der Waals surface area contributed by atoms with Crippen LogP contribution in [0.15, 0.2) is 23.9 Å². The molecule has 35 heavy (non-hydrogen) atoms. The molecular weight excluding hydrogens is 442 g/mol. The summed E-state index contributed by atoms with van der Waals surface area (Å²) in [5, 5.41) is 20.7. The van der Waals surface area contributed by atoms with Crippen LogP contribution < -0.4 is 0 Å². The summed E-state index contributed by atoms with van der Waals surface area (Å²) in [6.45, 7) is 13.4. The zero-order chi connectivity index (χ0) is 26.3. The SMILES string of the molecule is C/C(=C\c1ccc(C)cn1)[C@@H](C[C@@H]1C[C@H]1CCC[C@H](C)[C@H](O)[C@@H](C)C(=O)C(C)(C)[C@H](C)O)OC=O. The van der Waals surface area contributed by atoms with Crippen molar-refractivity contribution >= 4 is 18.3 Å².